The Kier molecular flexibility index (Phi) is 7.04. The second kappa shape index (κ2) is 9.46. The average molecular weight is 374 g/mol. The fraction of sp³-hybridized carbons (Fsp3) is 0.389. The van der Waals surface area contributed by atoms with Crippen molar-refractivity contribution in [1.82, 2.24) is 20.6 Å². The van der Waals surface area contributed by atoms with Gasteiger partial charge in [0.2, 0.25) is 0 Å². The van der Waals surface area contributed by atoms with Gasteiger partial charge in [0, 0.05) is 12.5 Å². The molecule has 2 aromatic rings. The molecule has 0 radical (unpaired) electrons. The molecule has 2 rings (SSSR count). The number of fused-ring (bicyclic) bond motifs is 1. The standard InChI is InChI=1S/C18H22N4O5/c1-3-11(2)19-18(26)22-15(23)10-27-16(24)9-8-14-20-13-7-5-4-6-12(13)17(25)21-14/h4-7,11H,3,8-10H2,1-2H3,(H,20,21,25)(H2,19,22,23,26)/t11-/m1/s1. The van der Waals surface area contributed by atoms with Gasteiger partial charge in [-0.2, -0.15) is 0 Å². The maximum Gasteiger partial charge on any atom is 0.321 e. The van der Waals surface area contributed by atoms with Gasteiger partial charge in [-0.05, 0) is 25.5 Å². The summed E-state index contributed by atoms with van der Waals surface area (Å²) in [6.45, 7) is 3.13. The molecule has 1 aromatic carbocycles. The first-order valence-corrected chi connectivity index (χ1v) is 8.63. The first kappa shape index (κ1) is 20.1. The largest absolute Gasteiger partial charge is 0.456 e. The lowest BCUT2D eigenvalue weighted by Crippen LogP contribution is -2.44. The number of aromatic nitrogens is 2. The van der Waals surface area contributed by atoms with Crippen molar-refractivity contribution in [2.45, 2.75) is 39.2 Å². The van der Waals surface area contributed by atoms with Gasteiger partial charge >= 0.3 is 12.0 Å². The SMILES string of the molecule is CC[C@@H](C)NC(=O)NC(=O)COC(=O)CCc1nc2ccccc2c(=O)[nH]1. The Balaban J connectivity index is 1.79. The normalized spacial score (nSPS) is 11.6. The Morgan fingerprint density at radius 2 is 2.00 bits per heavy atom. The van der Waals surface area contributed by atoms with E-state index in [4.69, 9.17) is 4.74 Å². The third-order valence-electron chi connectivity index (χ3n) is 3.83. The number of ether oxygens (including phenoxy) is 1. The molecule has 0 aliphatic heterocycles. The van der Waals surface area contributed by atoms with Crippen LogP contribution in [0.25, 0.3) is 10.9 Å². The van der Waals surface area contributed by atoms with Gasteiger partial charge in [-0.25, -0.2) is 9.78 Å². The number of aryl methyl sites for hydroxylation is 1. The summed E-state index contributed by atoms with van der Waals surface area (Å²) in [5.41, 5.74) is 0.256. The minimum atomic E-state index is -0.721. The number of rotatable bonds is 7. The number of para-hydroxylation sites is 1. The molecule has 0 saturated carbocycles. The van der Waals surface area contributed by atoms with Crippen LogP contribution in [-0.4, -0.2) is 40.5 Å². The molecular formula is C18H22N4O5. The summed E-state index contributed by atoms with van der Waals surface area (Å²) in [6.07, 6.45) is 0.824. The van der Waals surface area contributed by atoms with E-state index < -0.39 is 24.5 Å². The van der Waals surface area contributed by atoms with Crippen molar-refractivity contribution < 1.29 is 19.1 Å². The maximum absolute atomic E-state index is 12.0. The number of carbonyl (C=O) groups is 3. The summed E-state index contributed by atoms with van der Waals surface area (Å²) < 4.78 is 4.82. The van der Waals surface area contributed by atoms with Crippen molar-refractivity contribution in [3.05, 3.63) is 40.4 Å². The highest BCUT2D eigenvalue weighted by Gasteiger charge is 2.13. The molecule has 0 aliphatic rings. The zero-order valence-corrected chi connectivity index (χ0v) is 15.2. The van der Waals surface area contributed by atoms with Gasteiger partial charge < -0.3 is 15.0 Å². The van der Waals surface area contributed by atoms with E-state index >= 15 is 0 Å². The van der Waals surface area contributed by atoms with Crippen LogP contribution in [0.3, 0.4) is 0 Å². The molecule has 0 fully saturated rings. The highest BCUT2D eigenvalue weighted by Crippen LogP contribution is 2.06. The highest BCUT2D eigenvalue weighted by atomic mass is 16.5. The Labute approximate surface area is 155 Å². The van der Waals surface area contributed by atoms with Gasteiger partial charge in [0.05, 0.1) is 17.3 Å². The van der Waals surface area contributed by atoms with Crippen LogP contribution in [0.4, 0.5) is 4.79 Å². The number of hydrogen-bond donors (Lipinski definition) is 3. The van der Waals surface area contributed by atoms with E-state index in [0.29, 0.717) is 16.7 Å². The van der Waals surface area contributed by atoms with E-state index in [1.165, 1.54) is 0 Å². The lowest BCUT2D eigenvalue weighted by Gasteiger charge is -2.11. The minimum absolute atomic E-state index is 0.0619. The number of imide groups is 1. The third-order valence-corrected chi connectivity index (χ3v) is 3.83. The molecule has 1 aromatic heterocycles. The van der Waals surface area contributed by atoms with Crippen molar-refractivity contribution in [3.63, 3.8) is 0 Å². The zero-order valence-electron chi connectivity index (χ0n) is 15.2. The summed E-state index contributed by atoms with van der Waals surface area (Å²) in [7, 11) is 0. The zero-order chi connectivity index (χ0) is 19.8. The Morgan fingerprint density at radius 3 is 2.74 bits per heavy atom. The quantitative estimate of drug-likeness (QED) is 0.621. The summed E-state index contributed by atoms with van der Waals surface area (Å²) in [6, 6.07) is 6.17. The molecule has 0 spiro atoms. The molecule has 0 saturated heterocycles. The van der Waals surface area contributed by atoms with Crippen molar-refractivity contribution in [3.8, 4) is 0 Å². The molecule has 9 heteroatoms. The molecule has 3 N–H and O–H groups in total. The van der Waals surface area contributed by atoms with Gasteiger partial charge in [0.15, 0.2) is 6.61 Å². The number of nitrogens with zero attached hydrogens (tertiary/aromatic N) is 1. The Hall–Kier alpha value is -3.23. The van der Waals surface area contributed by atoms with Crippen LogP contribution in [0.15, 0.2) is 29.1 Å². The predicted molar refractivity (Wildman–Crippen MR) is 98.1 cm³/mol. The summed E-state index contributed by atoms with van der Waals surface area (Å²) in [5.74, 6) is -1.00. The molecule has 0 aliphatic carbocycles. The summed E-state index contributed by atoms with van der Waals surface area (Å²) in [4.78, 5) is 53.7. The number of amides is 3. The number of H-pyrrole nitrogens is 1. The van der Waals surface area contributed by atoms with E-state index in [1.807, 2.05) is 6.92 Å². The van der Waals surface area contributed by atoms with E-state index in [9.17, 15) is 19.2 Å². The van der Waals surface area contributed by atoms with E-state index in [-0.39, 0.29) is 24.4 Å². The monoisotopic (exact) mass is 374 g/mol. The lowest BCUT2D eigenvalue weighted by molar-refractivity contribution is -0.148. The first-order chi connectivity index (χ1) is 12.9. The van der Waals surface area contributed by atoms with E-state index in [1.54, 1.807) is 31.2 Å². The van der Waals surface area contributed by atoms with Crippen LogP contribution < -0.4 is 16.2 Å². The lowest BCUT2D eigenvalue weighted by atomic mass is 10.2. The number of esters is 1. The average Bonchev–Trinajstić information content (AvgIpc) is 2.64. The van der Waals surface area contributed by atoms with Gasteiger partial charge in [-0.1, -0.05) is 19.1 Å². The van der Waals surface area contributed by atoms with Crippen molar-refractivity contribution in [1.29, 1.82) is 0 Å². The van der Waals surface area contributed by atoms with Gasteiger partial charge in [0.25, 0.3) is 11.5 Å². The fourth-order valence-electron chi connectivity index (χ4n) is 2.22. The van der Waals surface area contributed by atoms with Crippen molar-refractivity contribution in [2.75, 3.05) is 6.61 Å². The van der Waals surface area contributed by atoms with Crippen molar-refractivity contribution in [2.24, 2.45) is 0 Å². The van der Waals surface area contributed by atoms with Crippen LogP contribution in [0.5, 0.6) is 0 Å². The van der Waals surface area contributed by atoms with Crippen LogP contribution in [0, 0.1) is 0 Å². The number of benzene rings is 1. The Bertz CT molecular complexity index is 893. The van der Waals surface area contributed by atoms with Crippen molar-refractivity contribution >= 4 is 28.8 Å². The summed E-state index contributed by atoms with van der Waals surface area (Å²) in [5, 5.41) is 5.11. The Morgan fingerprint density at radius 1 is 1.26 bits per heavy atom. The van der Waals surface area contributed by atoms with Crippen LogP contribution >= 0.6 is 0 Å². The van der Waals surface area contributed by atoms with E-state index in [0.717, 1.165) is 6.42 Å². The molecule has 144 valence electrons. The molecule has 27 heavy (non-hydrogen) atoms. The minimum Gasteiger partial charge on any atom is -0.456 e. The maximum atomic E-state index is 12.0. The highest BCUT2D eigenvalue weighted by molar-refractivity contribution is 5.95. The van der Waals surface area contributed by atoms with Gasteiger partial charge in [0.1, 0.15) is 5.82 Å². The topological polar surface area (TPSA) is 130 Å². The molecular weight excluding hydrogens is 352 g/mol. The first-order valence-electron chi connectivity index (χ1n) is 8.63. The molecule has 1 heterocycles. The molecule has 0 bridgehead atoms. The van der Waals surface area contributed by atoms with Crippen LogP contribution in [0.2, 0.25) is 0 Å². The number of carbonyl (C=O) groups excluding carboxylic acids is 3. The molecule has 0 unspecified atom stereocenters. The second-order valence-electron chi connectivity index (χ2n) is 6.02. The second-order valence-corrected chi connectivity index (χ2v) is 6.02. The predicted octanol–water partition coefficient (Wildman–Crippen LogP) is 1.02. The smallest absolute Gasteiger partial charge is 0.321 e. The molecule has 9 nitrogen and oxygen atoms in total. The molecule has 1 atom stereocenters. The van der Waals surface area contributed by atoms with Crippen LogP contribution in [-0.2, 0) is 20.7 Å². The van der Waals surface area contributed by atoms with Gasteiger partial charge in [-0.3, -0.25) is 19.7 Å². The van der Waals surface area contributed by atoms with E-state index in [2.05, 4.69) is 20.6 Å². The number of nitrogens with one attached hydrogen (secondary N) is 3. The number of aromatic amines is 1. The molecule has 3 amide bonds. The van der Waals surface area contributed by atoms with Crippen LogP contribution in [0.1, 0.15) is 32.5 Å². The number of urea groups is 1. The summed E-state index contributed by atoms with van der Waals surface area (Å²) >= 11 is 0. The fourth-order valence-corrected chi connectivity index (χ4v) is 2.22. The van der Waals surface area contributed by atoms with Gasteiger partial charge in [-0.15, -0.1) is 0 Å². The number of hydrogen-bond acceptors (Lipinski definition) is 6. The third kappa shape index (κ3) is 6.21.